The van der Waals surface area contributed by atoms with Crippen molar-refractivity contribution in [2.24, 2.45) is 40.9 Å². The molecule has 4 saturated carbocycles. The predicted molar refractivity (Wildman–Crippen MR) is 144 cm³/mol. The minimum atomic E-state index is -0.0492. The first kappa shape index (κ1) is 27.0. The lowest BCUT2D eigenvalue weighted by Crippen LogP contribution is -2.47. The van der Waals surface area contributed by atoms with E-state index < -0.39 is 0 Å². The van der Waals surface area contributed by atoms with Crippen molar-refractivity contribution in [2.45, 2.75) is 161 Å². The molecule has 198 valence electrons. The lowest BCUT2D eigenvalue weighted by molar-refractivity contribution is -0.0751. The Morgan fingerprint density at radius 3 is 1.50 bits per heavy atom. The molecule has 0 aromatic heterocycles. The second-order valence-corrected chi connectivity index (χ2v) is 13.6. The van der Waals surface area contributed by atoms with Gasteiger partial charge in [0.1, 0.15) is 0 Å². The van der Waals surface area contributed by atoms with Gasteiger partial charge in [-0.1, -0.05) is 104 Å². The van der Waals surface area contributed by atoms with Gasteiger partial charge >= 0.3 is 0 Å². The first-order valence-corrected chi connectivity index (χ1v) is 15.9. The lowest BCUT2D eigenvalue weighted by Gasteiger charge is -2.53. The van der Waals surface area contributed by atoms with Crippen LogP contribution in [-0.4, -0.2) is 22.4 Å². The maximum Gasteiger partial charge on any atom is 0.0571 e. The second-order valence-electron chi connectivity index (χ2n) is 13.6. The van der Waals surface area contributed by atoms with Gasteiger partial charge in [0.05, 0.1) is 12.2 Å². The Morgan fingerprint density at radius 2 is 1.06 bits per heavy atom. The van der Waals surface area contributed by atoms with Gasteiger partial charge in [-0.2, -0.15) is 0 Å². The van der Waals surface area contributed by atoms with E-state index >= 15 is 0 Å². The molecule has 0 amide bonds. The molecule has 6 atom stereocenters. The van der Waals surface area contributed by atoms with Gasteiger partial charge in [-0.05, 0) is 85.9 Å². The van der Waals surface area contributed by atoms with Crippen LogP contribution in [-0.2, 0) is 0 Å². The molecule has 0 saturated heterocycles. The van der Waals surface area contributed by atoms with Gasteiger partial charge in [0.2, 0.25) is 0 Å². The smallest absolute Gasteiger partial charge is 0.0571 e. The average molecular weight is 475 g/mol. The van der Waals surface area contributed by atoms with E-state index in [1.165, 1.54) is 122 Å². The van der Waals surface area contributed by atoms with Crippen molar-refractivity contribution in [1.29, 1.82) is 0 Å². The van der Waals surface area contributed by atoms with Gasteiger partial charge in [-0.3, -0.25) is 0 Å². The van der Waals surface area contributed by atoms with Crippen molar-refractivity contribution < 1.29 is 10.2 Å². The molecule has 4 aliphatic carbocycles. The van der Waals surface area contributed by atoms with Gasteiger partial charge in [0, 0.05) is 0 Å². The van der Waals surface area contributed by atoms with Crippen LogP contribution in [0.4, 0.5) is 0 Å². The minimum absolute atomic E-state index is 0.0492. The van der Waals surface area contributed by atoms with Crippen molar-refractivity contribution in [3.8, 4) is 0 Å². The third-order valence-electron chi connectivity index (χ3n) is 11.7. The highest BCUT2D eigenvalue weighted by atomic mass is 16.3. The summed E-state index contributed by atoms with van der Waals surface area (Å²) in [5, 5.41) is 22.1. The molecule has 0 aliphatic heterocycles. The molecule has 4 aliphatic rings. The molecule has 4 fully saturated rings. The molecular weight excluding hydrogens is 416 g/mol. The van der Waals surface area contributed by atoms with Gasteiger partial charge in [0.15, 0.2) is 0 Å². The molecule has 2 N–H and O–H groups in total. The Bertz CT molecular complexity index is 534. The maximum absolute atomic E-state index is 11.1. The fourth-order valence-electron chi connectivity index (χ4n) is 9.39. The number of unbranched alkanes of at least 4 members (excludes halogenated alkanes) is 3. The highest BCUT2D eigenvalue weighted by Crippen LogP contribution is 2.56. The van der Waals surface area contributed by atoms with Crippen molar-refractivity contribution in [1.82, 2.24) is 0 Å². The molecule has 0 spiro atoms. The molecule has 0 heterocycles. The van der Waals surface area contributed by atoms with Crippen LogP contribution >= 0.6 is 0 Å². The van der Waals surface area contributed by atoms with Crippen LogP contribution in [0.3, 0.4) is 0 Å². The zero-order valence-corrected chi connectivity index (χ0v) is 22.9. The molecule has 0 radical (unpaired) electrons. The normalized spacial score (nSPS) is 38.5. The Balaban J connectivity index is 1.50. The average Bonchev–Trinajstić information content (AvgIpc) is 2.88. The zero-order valence-electron chi connectivity index (χ0n) is 22.9. The van der Waals surface area contributed by atoms with Crippen LogP contribution in [0.5, 0.6) is 0 Å². The topological polar surface area (TPSA) is 40.5 Å². The molecule has 2 heteroatoms. The maximum atomic E-state index is 11.1. The zero-order chi connectivity index (χ0) is 24.0. The standard InChI is InChI=1S/C32H58O2/c1-3-4-5-12-21-32(2,26-17-19-30(33)28(22-26)24-13-8-6-9-14-24)27-18-20-31(34)29(23-27)25-15-10-7-11-16-25/h24-31,33-34H,3-23H2,1-2H3. The number of aliphatic hydroxyl groups is 2. The summed E-state index contributed by atoms with van der Waals surface area (Å²) in [6, 6.07) is 0. The lowest BCUT2D eigenvalue weighted by atomic mass is 9.53. The fourth-order valence-corrected chi connectivity index (χ4v) is 9.39. The molecule has 6 unspecified atom stereocenters. The molecule has 2 nitrogen and oxygen atoms in total. The van der Waals surface area contributed by atoms with Crippen LogP contribution in [0.25, 0.3) is 0 Å². The molecule has 0 aromatic carbocycles. The number of aliphatic hydroxyl groups excluding tert-OH is 2. The Kier molecular flexibility index (Phi) is 10.3. The molecule has 4 rings (SSSR count). The molecular formula is C32H58O2. The van der Waals surface area contributed by atoms with E-state index in [1.54, 1.807) is 0 Å². The van der Waals surface area contributed by atoms with E-state index in [4.69, 9.17) is 0 Å². The molecule has 34 heavy (non-hydrogen) atoms. The summed E-state index contributed by atoms with van der Waals surface area (Å²) < 4.78 is 0. The molecule has 0 aromatic rings. The summed E-state index contributed by atoms with van der Waals surface area (Å²) in [7, 11) is 0. The van der Waals surface area contributed by atoms with Gasteiger partial charge in [0.25, 0.3) is 0 Å². The highest BCUT2D eigenvalue weighted by Gasteiger charge is 2.48. The first-order chi connectivity index (χ1) is 16.5. The van der Waals surface area contributed by atoms with E-state index in [0.29, 0.717) is 17.3 Å². The second kappa shape index (κ2) is 12.9. The summed E-state index contributed by atoms with van der Waals surface area (Å²) in [5.74, 6) is 4.21. The van der Waals surface area contributed by atoms with Crippen molar-refractivity contribution in [2.75, 3.05) is 0 Å². The Morgan fingerprint density at radius 1 is 0.588 bits per heavy atom. The Hall–Kier alpha value is -0.0800. The molecule has 0 bridgehead atoms. The van der Waals surface area contributed by atoms with Crippen LogP contribution in [0.2, 0.25) is 0 Å². The SMILES string of the molecule is CCCCCCC(C)(C1CCC(O)C(C2CCCCC2)C1)C1CCC(O)C(C2CCCCC2)C1. The first-order valence-electron chi connectivity index (χ1n) is 15.9. The number of rotatable bonds is 9. The number of hydrogen-bond donors (Lipinski definition) is 2. The van der Waals surface area contributed by atoms with Crippen LogP contribution < -0.4 is 0 Å². The predicted octanol–water partition coefficient (Wildman–Crippen LogP) is 8.68. The largest absolute Gasteiger partial charge is 0.393 e. The summed E-state index contributed by atoms with van der Waals surface area (Å²) >= 11 is 0. The number of hydrogen-bond acceptors (Lipinski definition) is 2. The quantitative estimate of drug-likeness (QED) is 0.328. The third-order valence-corrected chi connectivity index (χ3v) is 11.7. The van der Waals surface area contributed by atoms with E-state index in [2.05, 4.69) is 13.8 Å². The third kappa shape index (κ3) is 6.42. The van der Waals surface area contributed by atoms with Crippen LogP contribution in [0.15, 0.2) is 0 Å². The summed E-state index contributed by atoms with van der Waals surface area (Å²) in [6.07, 6.45) is 27.7. The van der Waals surface area contributed by atoms with E-state index in [1.807, 2.05) is 0 Å². The van der Waals surface area contributed by atoms with Crippen molar-refractivity contribution in [3.63, 3.8) is 0 Å². The minimum Gasteiger partial charge on any atom is -0.393 e. The van der Waals surface area contributed by atoms with Crippen LogP contribution in [0, 0.1) is 40.9 Å². The van der Waals surface area contributed by atoms with Gasteiger partial charge in [-0.15, -0.1) is 0 Å². The van der Waals surface area contributed by atoms with Crippen LogP contribution in [0.1, 0.15) is 149 Å². The fraction of sp³-hybridized carbons (Fsp3) is 1.00. The van der Waals surface area contributed by atoms with Crippen molar-refractivity contribution in [3.05, 3.63) is 0 Å². The summed E-state index contributed by atoms with van der Waals surface area (Å²) in [6.45, 7) is 5.01. The highest BCUT2D eigenvalue weighted by molar-refractivity contribution is 4.98. The van der Waals surface area contributed by atoms with E-state index in [0.717, 1.165) is 36.5 Å². The summed E-state index contributed by atoms with van der Waals surface area (Å²) in [4.78, 5) is 0. The van der Waals surface area contributed by atoms with Crippen molar-refractivity contribution >= 4 is 0 Å². The summed E-state index contributed by atoms with van der Waals surface area (Å²) in [5.41, 5.74) is 0.397. The Labute approximate surface area is 212 Å². The van der Waals surface area contributed by atoms with E-state index in [9.17, 15) is 10.2 Å². The van der Waals surface area contributed by atoms with E-state index in [-0.39, 0.29) is 12.2 Å². The van der Waals surface area contributed by atoms with Gasteiger partial charge in [-0.25, -0.2) is 0 Å². The monoisotopic (exact) mass is 474 g/mol. The van der Waals surface area contributed by atoms with Gasteiger partial charge < -0.3 is 10.2 Å².